The summed E-state index contributed by atoms with van der Waals surface area (Å²) < 4.78 is 5.86. The molecule has 6 nitrogen and oxygen atoms in total. The summed E-state index contributed by atoms with van der Waals surface area (Å²) in [6.45, 7) is 8.55. The minimum atomic E-state index is -0.494. The van der Waals surface area contributed by atoms with Crippen LogP contribution in [0.25, 0.3) is 0 Å². The van der Waals surface area contributed by atoms with E-state index in [0.717, 1.165) is 35.9 Å². The van der Waals surface area contributed by atoms with Gasteiger partial charge in [-0.1, -0.05) is 18.2 Å². The number of benzene rings is 1. The van der Waals surface area contributed by atoms with Gasteiger partial charge in [0.25, 0.3) is 5.91 Å². The van der Waals surface area contributed by atoms with Gasteiger partial charge in [-0.25, -0.2) is 4.98 Å². The number of amides is 1. The summed E-state index contributed by atoms with van der Waals surface area (Å²) in [5, 5.41) is 0. The monoisotopic (exact) mass is 340 g/mol. The molecule has 25 heavy (non-hydrogen) atoms. The van der Waals surface area contributed by atoms with Gasteiger partial charge >= 0.3 is 0 Å². The molecule has 0 aliphatic carbocycles. The molecular formula is C19H24N4O2. The van der Waals surface area contributed by atoms with E-state index in [-0.39, 0.29) is 5.91 Å². The van der Waals surface area contributed by atoms with Crippen LogP contribution in [-0.2, 0) is 4.79 Å². The van der Waals surface area contributed by atoms with Crippen molar-refractivity contribution in [3.8, 4) is 5.75 Å². The van der Waals surface area contributed by atoms with Gasteiger partial charge in [-0.2, -0.15) is 0 Å². The zero-order valence-electron chi connectivity index (χ0n) is 15.0. The van der Waals surface area contributed by atoms with E-state index in [1.165, 1.54) is 0 Å². The molecule has 0 radical (unpaired) electrons. The van der Waals surface area contributed by atoms with Crippen LogP contribution >= 0.6 is 0 Å². The first-order chi connectivity index (χ1) is 12.0. The lowest BCUT2D eigenvalue weighted by molar-refractivity contribution is -0.138. The van der Waals surface area contributed by atoms with Gasteiger partial charge in [0.1, 0.15) is 11.6 Å². The quantitative estimate of drug-likeness (QED) is 0.854. The normalized spacial score (nSPS) is 15.8. The molecule has 0 bridgehead atoms. The first-order valence-corrected chi connectivity index (χ1v) is 8.59. The summed E-state index contributed by atoms with van der Waals surface area (Å²) in [6.07, 6.45) is 3.02. The van der Waals surface area contributed by atoms with Crippen LogP contribution < -0.4 is 9.64 Å². The van der Waals surface area contributed by atoms with Crippen LogP contribution in [0.1, 0.15) is 18.2 Å². The Morgan fingerprint density at radius 1 is 1.12 bits per heavy atom. The summed E-state index contributed by atoms with van der Waals surface area (Å²) in [4.78, 5) is 25.4. The van der Waals surface area contributed by atoms with E-state index in [1.807, 2.05) is 49.9 Å². The van der Waals surface area contributed by atoms with Crippen LogP contribution in [0.5, 0.6) is 5.75 Å². The standard InChI is InChI=1S/C19H24N4O2/c1-14-6-4-5-7-17(14)25-16(3)19(24)23-10-8-22(9-11-23)18-13-20-12-15(2)21-18/h4-7,12-13,16H,8-11H2,1-3H3/t16-/m1/s1. The molecule has 1 aromatic carbocycles. The third kappa shape index (κ3) is 4.07. The third-order valence-electron chi connectivity index (χ3n) is 4.40. The van der Waals surface area contributed by atoms with Crippen molar-refractivity contribution in [2.24, 2.45) is 0 Å². The molecule has 132 valence electrons. The lowest BCUT2D eigenvalue weighted by Gasteiger charge is -2.36. The Kier molecular flexibility index (Phi) is 5.16. The van der Waals surface area contributed by atoms with Crippen molar-refractivity contribution in [1.82, 2.24) is 14.9 Å². The number of carbonyl (C=O) groups is 1. The fourth-order valence-electron chi connectivity index (χ4n) is 2.95. The molecule has 1 atom stereocenters. The minimum absolute atomic E-state index is 0.0261. The number of rotatable bonds is 4. The second-order valence-corrected chi connectivity index (χ2v) is 6.36. The van der Waals surface area contributed by atoms with E-state index in [4.69, 9.17) is 4.74 Å². The van der Waals surface area contributed by atoms with Crippen molar-refractivity contribution in [3.05, 3.63) is 47.9 Å². The number of aryl methyl sites for hydroxylation is 2. The van der Waals surface area contributed by atoms with Gasteiger partial charge in [0.05, 0.1) is 11.9 Å². The number of aromatic nitrogens is 2. The summed E-state index contributed by atoms with van der Waals surface area (Å²) >= 11 is 0. The first-order valence-electron chi connectivity index (χ1n) is 8.59. The van der Waals surface area contributed by atoms with E-state index in [2.05, 4.69) is 14.9 Å². The smallest absolute Gasteiger partial charge is 0.263 e. The fraction of sp³-hybridized carbons (Fsp3) is 0.421. The van der Waals surface area contributed by atoms with Gasteiger partial charge in [-0.15, -0.1) is 0 Å². The second kappa shape index (κ2) is 7.51. The number of hydrogen-bond acceptors (Lipinski definition) is 5. The molecule has 6 heteroatoms. The predicted octanol–water partition coefficient (Wildman–Crippen LogP) is 2.21. The minimum Gasteiger partial charge on any atom is -0.481 e. The number of nitrogens with zero attached hydrogens (tertiary/aromatic N) is 4. The van der Waals surface area contributed by atoms with E-state index in [9.17, 15) is 4.79 Å². The lowest BCUT2D eigenvalue weighted by atomic mass is 10.2. The molecule has 2 heterocycles. The topological polar surface area (TPSA) is 58.6 Å². The van der Waals surface area contributed by atoms with Crippen molar-refractivity contribution in [2.45, 2.75) is 26.9 Å². The number of anilines is 1. The second-order valence-electron chi connectivity index (χ2n) is 6.36. The van der Waals surface area contributed by atoms with E-state index in [0.29, 0.717) is 13.1 Å². The molecule has 3 rings (SSSR count). The van der Waals surface area contributed by atoms with E-state index in [1.54, 1.807) is 12.4 Å². The molecule has 0 N–H and O–H groups in total. The van der Waals surface area contributed by atoms with Crippen LogP contribution in [-0.4, -0.2) is 53.1 Å². The molecule has 1 fully saturated rings. The van der Waals surface area contributed by atoms with Crippen LogP contribution in [0.3, 0.4) is 0 Å². The average molecular weight is 340 g/mol. The van der Waals surface area contributed by atoms with Gasteiger partial charge in [0.15, 0.2) is 6.10 Å². The number of para-hydroxylation sites is 1. The van der Waals surface area contributed by atoms with Crippen molar-refractivity contribution >= 4 is 11.7 Å². The third-order valence-corrected chi connectivity index (χ3v) is 4.40. The van der Waals surface area contributed by atoms with Crippen molar-refractivity contribution in [1.29, 1.82) is 0 Å². The number of hydrogen-bond donors (Lipinski definition) is 0. The maximum absolute atomic E-state index is 12.7. The lowest BCUT2D eigenvalue weighted by Crippen LogP contribution is -2.52. The highest BCUT2D eigenvalue weighted by Gasteiger charge is 2.26. The maximum atomic E-state index is 12.7. The molecule has 0 unspecified atom stereocenters. The molecule has 0 saturated carbocycles. The van der Waals surface area contributed by atoms with Crippen molar-refractivity contribution in [2.75, 3.05) is 31.1 Å². The van der Waals surface area contributed by atoms with Crippen LogP contribution in [0, 0.1) is 13.8 Å². The molecule has 1 amide bonds. The highest BCUT2D eigenvalue weighted by atomic mass is 16.5. The molecule has 0 spiro atoms. The zero-order chi connectivity index (χ0) is 17.8. The first kappa shape index (κ1) is 17.2. The Hall–Kier alpha value is -2.63. The summed E-state index contributed by atoms with van der Waals surface area (Å²) in [5.41, 5.74) is 1.93. The maximum Gasteiger partial charge on any atom is 0.263 e. The summed E-state index contributed by atoms with van der Waals surface area (Å²) in [5.74, 6) is 1.66. The largest absolute Gasteiger partial charge is 0.481 e. The van der Waals surface area contributed by atoms with Gasteiger partial charge in [-0.05, 0) is 32.4 Å². The molecular weight excluding hydrogens is 316 g/mol. The predicted molar refractivity (Wildman–Crippen MR) is 96.8 cm³/mol. The Morgan fingerprint density at radius 2 is 1.84 bits per heavy atom. The Morgan fingerprint density at radius 3 is 2.52 bits per heavy atom. The molecule has 2 aromatic rings. The Bertz CT molecular complexity index is 742. The molecule has 1 aromatic heterocycles. The van der Waals surface area contributed by atoms with Crippen LogP contribution in [0.15, 0.2) is 36.7 Å². The SMILES string of the molecule is Cc1cncc(N2CCN(C(=O)[C@@H](C)Oc3ccccc3C)CC2)n1. The fourth-order valence-corrected chi connectivity index (χ4v) is 2.95. The van der Waals surface area contributed by atoms with Gasteiger partial charge < -0.3 is 14.5 Å². The summed E-state index contributed by atoms with van der Waals surface area (Å²) in [7, 11) is 0. The Balaban J connectivity index is 1.57. The van der Waals surface area contributed by atoms with Crippen molar-refractivity contribution < 1.29 is 9.53 Å². The number of ether oxygens (including phenoxy) is 1. The van der Waals surface area contributed by atoms with Crippen molar-refractivity contribution in [3.63, 3.8) is 0 Å². The molecule has 1 aliphatic rings. The summed E-state index contributed by atoms with van der Waals surface area (Å²) in [6, 6.07) is 7.75. The van der Waals surface area contributed by atoms with E-state index < -0.39 is 6.10 Å². The van der Waals surface area contributed by atoms with E-state index >= 15 is 0 Å². The van der Waals surface area contributed by atoms with Gasteiger partial charge in [0, 0.05) is 32.4 Å². The van der Waals surface area contributed by atoms with Crippen LogP contribution in [0.4, 0.5) is 5.82 Å². The number of piperazine rings is 1. The van der Waals surface area contributed by atoms with Gasteiger partial charge in [0.2, 0.25) is 0 Å². The number of carbonyl (C=O) groups excluding carboxylic acids is 1. The zero-order valence-corrected chi connectivity index (χ0v) is 15.0. The van der Waals surface area contributed by atoms with Crippen LogP contribution in [0.2, 0.25) is 0 Å². The molecule has 1 aliphatic heterocycles. The highest BCUT2D eigenvalue weighted by molar-refractivity contribution is 5.81. The highest BCUT2D eigenvalue weighted by Crippen LogP contribution is 2.19. The average Bonchev–Trinajstić information content (AvgIpc) is 2.63. The Labute approximate surface area is 148 Å². The van der Waals surface area contributed by atoms with Gasteiger partial charge in [-0.3, -0.25) is 9.78 Å². The molecule has 1 saturated heterocycles.